The van der Waals surface area contributed by atoms with Gasteiger partial charge < -0.3 is 18.9 Å². The van der Waals surface area contributed by atoms with Crippen molar-refractivity contribution < 1.29 is 42.1 Å². The Kier molecular flexibility index (Phi) is 71.7. The van der Waals surface area contributed by atoms with Gasteiger partial charge in [0.2, 0.25) is 0 Å². The Morgan fingerprint density at radius 1 is 0.340 bits per heavy atom. The molecule has 0 radical (unpaired) electrons. The highest BCUT2D eigenvalue weighted by atomic mass is 31.2. The third kappa shape index (κ3) is 77.9. The van der Waals surface area contributed by atoms with Gasteiger partial charge in [0.15, 0.2) is 6.10 Å². The maximum Gasteiger partial charge on any atom is 0.472 e. The summed E-state index contributed by atoms with van der Waals surface area (Å²) in [4.78, 5) is 36.0. The number of allylic oxidation sites excluding steroid dienone is 16. The first kappa shape index (κ1) is 90.9. The fourth-order valence-corrected chi connectivity index (χ4v) is 12.3. The molecule has 10 heteroatoms. The second-order valence-corrected chi connectivity index (χ2v) is 29.5. The minimum atomic E-state index is -4.40. The summed E-state index contributed by atoms with van der Waals surface area (Å²) in [7, 11) is 1.49. The predicted octanol–water partition coefficient (Wildman–Crippen LogP) is 26.6. The molecule has 0 saturated heterocycles. The van der Waals surface area contributed by atoms with Gasteiger partial charge in [-0.05, 0) is 96.3 Å². The lowest BCUT2D eigenvalue weighted by Crippen LogP contribution is -2.37. The van der Waals surface area contributed by atoms with E-state index >= 15 is 0 Å². The van der Waals surface area contributed by atoms with Gasteiger partial charge in [-0.2, -0.15) is 0 Å². The monoisotopic (exact) mass is 1340 g/mol. The average molecular weight is 1340 g/mol. The number of rotatable bonds is 74. The molecule has 2 atom stereocenters. The van der Waals surface area contributed by atoms with Gasteiger partial charge in [-0.1, -0.05) is 361 Å². The van der Waals surface area contributed by atoms with Crippen LogP contribution in [0.2, 0.25) is 0 Å². The molecular formula is C84H153NO8P+. The number of unbranched alkanes of at least 4 members (excludes halogenated alkanes) is 44. The molecule has 0 bridgehead atoms. The van der Waals surface area contributed by atoms with E-state index in [4.69, 9.17) is 18.5 Å². The third-order valence-corrected chi connectivity index (χ3v) is 18.6. The fraction of sp³-hybridized carbons (Fsp3) is 0.786. The molecule has 0 saturated carbocycles. The van der Waals surface area contributed by atoms with Gasteiger partial charge in [0.25, 0.3) is 0 Å². The summed E-state index contributed by atoms with van der Waals surface area (Å²) < 4.78 is 34.8. The van der Waals surface area contributed by atoms with Gasteiger partial charge >= 0.3 is 19.8 Å². The molecule has 0 aliphatic heterocycles. The maximum atomic E-state index is 12.9. The first-order chi connectivity index (χ1) is 46.0. The Morgan fingerprint density at radius 2 is 0.606 bits per heavy atom. The van der Waals surface area contributed by atoms with E-state index in [1.165, 1.54) is 263 Å². The Hall–Kier alpha value is -3.07. The zero-order valence-electron chi connectivity index (χ0n) is 62.4. The van der Waals surface area contributed by atoms with Gasteiger partial charge in [-0.15, -0.1) is 0 Å². The van der Waals surface area contributed by atoms with Crippen LogP contribution in [0.3, 0.4) is 0 Å². The number of quaternary nitrogens is 1. The summed E-state index contributed by atoms with van der Waals surface area (Å²) in [6, 6.07) is 0. The predicted molar refractivity (Wildman–Crippen MR) is 408 cm³/mol. The van der Waals surface area contributed by atoms with Gasteiger partial charge in [-0.25, -0.2) is 4.57 Å². The molecular weight excluding hydrogens is 1180 g/mol. The summed E-state index contributed by atoms with van der Waals surface area (Å²) in [5, 5.41) is 0. The summed E-state index contributed by atoms with van der Waals surface area (Å²) >= 11 is 0. The van der Waals surface area contributed by atoms with Gasteiger partial charge in [-0.3, -0.25) is 18.6 Å². The Morgan fingerprint density at radius 3 is 0.915 bits per heavy atom. The molecule has 9 nitrogen and oxygen atoms in total. The third-order valence-electron chi connectivity index (χ3n) is 17.6. The Balaban J connectivity index is 3.94. The van der Waals surface area contributed by atoms with Crippen LogP contribution in [0.25, 0.3) is 0 Å². The first-order valence-corrected chi connectivity index (χ1v) is 41.5. The normalized spacial score (nSPS) is 13.6. The smallest absolute Gasteiger partial charge is 0.462 e. The molecule has 0 aromatic rings. The molecule has 94 heavy (non-hydrogen) atoms. The molecule has 0 amide bonds. The number of hydrogen-bond donors (Lipinski definition) is 1. The molecule has 0 aliphatic carbocycles. The molecule has 0 spiro atoms. The van der Waals surface area contributed by atoms with Crippen molar-refractivity contribution in [2.45, 2.75) is 380 Å². The highest BCUT2D eigenvalue weighted by Crippen LogP contribution is 2.43. The number of ether oxygens (including phenoxy) is 2. The molecule has 0 aromatic heterocycles. The Bertz CT molecular complexity index is 1910. The van der Waals surface area contributed by atoms with Crippen LogP contribution in [0.1, 0.15) is 373 Å². The lowest BCUT2D eigenvalue weighted by molar-refractivity contribution is -0.870. The minimum absolute atomic E-state index is 0.0319. The van der Waals surface area contributed by atoms with E-state index in [-0.39, 0.29) is 25.6 Å². The van der Waals surface area contributed by atoms with Crippen LogP contribution in [0.15, 0.2) is 97.2 Å². The highest BCUT2D eigenvalue weighted by Gasteiger charge is 2.27. The van der Waals surface area contributed by atoms with E-state index in [2.05, 4.69) is 111 Å². The van der Waals surface area contributed by atoms with Crippen LogP contribution in [0.4, 0.5) is 0 Å². The van der Waals surface area contributed by atoms with E-state index in [9.17, 15) is 19.0 Å². The number of carbonyl (C=O) groups excluding carboxylic acids is 2. The van der Waals surface area contributed by atoms with Crippen molar-refractivity contribution in [1.82, 2.24) is 0 Å². The van der Waals surface area contributed by atoms with Gasteiger partial charge in [0.05, 0.1) is 27.7 Å². The van der Waals surface area contributed by atoms with Gasteiger partial charge in [0.1, 0.15) is 19.8 Å². The van der Waals surface area contributed by atoms with Crippen molar-refractivity contribution in [3.63, 3.8) is 0 Å². The topological polar surface area (TPSA) is 108 Å². The molecule has 0 heterocycles. The highest BCUT2D eigenvalue weighted by molar-refractivity contribution is 7.47. The van der Waals surface area contributed by atoms with Crippen LogP contribution in [0, 0.1) is 0 Å². The fourth-order valence-electron chi connectivity index (χ4n) is 11.5. The van der Waals surface area contributed by atoms with E-state index in [1.807, 2.05) is 21.1 Å². The van der Waals surface area contributed by atoms with Crippen LogP contribution in [-0.2, 0) is 32.7 Å². The number of phosphoric acid groups is 1. The second-order valence-electron chi connectivity index (χ2n) is 28.1. The largest absolute Gasteiger partial charge is 0.472 e. The van der Waals surface area contributed by atoms with E-state index < -0.39 is 26.5 Å². The molecule has 0 fully saturated rings. The van der Waals surface area contributed by atoms with E-state index in [0.29, 0.717) is 23.9 Å². The van der Waals surface area contributed by atoms with Crippen LogP contribution < -0.4 is 0 Å². The van der Waals surface area contributed by atoms with Crippen molar-refractivity contribution >= 4 is 19.8 Å². The van der Waals surface area contributed by atoms with Crippen LogP contribution in [0.5, 0.6) is 0 Å². The summed E-state index contributed by atoms with van der Waals surface area (Å²) in [6.07, 6.45) is 104. The van der Waals surface area contributed by atoms with Crippen LogP contribution in [-0.4, -0.2) is 74.9 Å². The molecule has 0 rings (SSSR count). The lowest BCUT2D eigenvalue weighted by Gasteiger charge is -2.24. The average Bonchev–Trinajstić information content (AvgIpc) is 1.57. The van der Waals surface area contributed by atoms with Crippen molar-refractivity contribution in [3.8, 4) is 0 Å². The summed E-state index contributed by atoms with van der Waals surface area (Å²) in [6.45, 7) is 4.37. The first-order valence-electron chi connectivity index (χ1n) is 40.0. The summed E-state index contributed by atoms with van der Waals surface area (Å²) in [5.41, 5.74) is 0. The summed E-state index contributed by atoms with van der Waals surface area (Å²) in [5.74, 6) is -0.780. The van der Waals surface area contributed by atoms with Crippen molar-refractivity contribution in [3.05, 3.63) is 97.2 Å². The van der Waals surface area contributed by atoms with Crippen LogP contribution >= 0.6 is 7.82 Å². The zero-order chi connectivity index (χ0) is 68.3. The second kappa shape index (κ2) is 74.2. The number of carbonyl (C=O) groups is 2. The number of hydrogen-bond acceptors (Lipinski definition) is 7. The molecule has 1 N–H and O–H groups in total. The van der Waals surface area contributed by atoms with E-state index in [1.54, 1.807) is 0 Å². The number of nitrogens with zero attached hydrogens (tertiary/aromatic N) is 1. The van der Waals surface area contributed by atoms with Crippen molar-refractivity contribution in [2.24, 2.45) is 0 Å². The van der Waals surface area contributed by atoms with Crippen molar-refractivity contribution in [1.29, 1.82) is 0 Å². The lowest BCUT2D eigenvalue weighted by atomic mass is 10.0. The number of likely N-dealkylation sites (N-methyl/N-ethyl adjacent to an activating group) is 1. The zero-order valence-corrected chi connectivity index (χ0v) is 63.3. The van der Waals surface area contributed by atoms with Crippen molar-refractivity contribution in [2.75, 3.05) is 47.5 Å². The standard InChI is InChI=1S/C84H152NO8P/c1-6-8-10-12-14-16-18-20-22-24-26-28-30-32-34-36-37-38-39-40-41-42-43-44-45-46-47-49-51-53-55-57-59-61-63-65-67-69-71-73-75-77-84(87)93-82(81-92-94(88,89)91-79-78-85(3,4)5)80-90-83(86)76-74-72-70-68-66-64-62-60-58-56-54-52-50-48-35-33-31-29-27-25-23-21-19-17-15-13-11-9-7-2/h8,10,14,16,20,22,25-28,32,34,37-38,40-41,82H,6-7,9,11-13,15,17-19,21,23-24,29-31,33,35-36,39,42-81H2,1-5H3/p+1/b10-8-,16-14-,22-20-,27-25-,28-26-,34-32-,38-37-,41-40-. The van der Waals surface area contributed by atoms with Gasteiger partial charge in [0, 0.05) is 12.8 Å². The molecule has 0 aromatic carbocycles. The Labute approximate surface area is 583 Å². The quantitative estimate of drug-likeness (QED) is 0.0211. The molecule has 0 aliphatic rings. The maximum absolute atomic E-state index is 12.9. The number of esters is 2. The molecule has 546 valence electrons. The SMILES string of the molecule is CC/C=C\C/C=C\C/C=C\C/C=C\C/C=C\C/C=C\C/C=C\CCCCCCCCCCCCCCCCCCCCCC(=O)OC(COC(=O)CCCCCCCCCCCCCCCCCCC/C=C\CCCCCCCCCC)COP(=O)(O)OCC[N+](C)(C)C. The van der Waals surface area contributed by atoms with E-state index in [0.717, 1.165) is 77.0 Å². The molecule has 2 unspecified atom stereocenters. The number of phosphoric ester groups is 1. The minimum Gasteiger partial charge on any atom is -0.462 e.